The van der Waals surface area contributed by atoms with Crippen molar-refractivity contribution in [2.24, 2.45) is 0 Å². The van der Waals surface area contributed by atoms with Crippen molar-refractivity contribution in [2.45, 2.75) is 23.3 Å². The normalized spacial score (nSPS) is 24.1. The van der Waals surface area contributed by atoms with Crippen molar-refractivity contribution in [3.05, 3.63) is 59.9 Å². The van der Waals surface area contributed by atoms with E-state index in [0.717, 1.165) is 5.56 Å². The van der Waals surface area contributed by atoms with Crippen LogP contribution in [-0.2, 0) is 21.9 Å². The van der Waals surface area contributed by atoms with Crippen molar-refractivity contribution in [1.82, 2.24) is 4.98 Å². The first-order valence-electron chi connectivity index (χ1n) is 6.45. The summed E-state index contributed by atoms with van der Waals surface area (Å²) in [6.45, 7) is 0. The Hall–Kier alpha value is -1.72. The number of sulfone groups is 1. The minimum absolute atomic E-state index is 0.0222. The summed E-state index contributed by atoms with van der Waals surface area (Å²) in [5.41, 5.74) is 0.308. The number of hydrogen-bond acceptors (Lipinski definition) is 4. The molecular formula is C15H15NO3S. The van der Waals surface area contributed by atoms with E-state index in [9.17, 15) is 13.5 Å². The number of rotatable bonds is 2. The van der Waals surface area contributed by atoms with Gasteiger partial charge in [0.2, 0.25) is 0 Å². The van der Waals surface area contributed by atoms with E-state index in [1.807, 2.05) is 12.1 Å². The molecule has 1 aromatic carbocycles. The van der Waals surface area contributed by atoms with Gasteiger partial charge in [0.25, 0.3) is 0 Å². The lowest BCUT2D eigenvalue weighted by atomic mass is 9.85. The van der Waals surface area contributed by atoms with Gasteiger partial charge in [-0.1, -0.05) is 18.2 Å². The van der Waals surface area contributed by atoms with Crippen molar-refractivity contribution in [2.75, 3.05) is 5.75 Å². The molecule has 1 atom stereocenters. The molecule has 1 aliphatic rings. The number of pyridine rings is 1. The molecule has 4 nitrogen and oxygen atoms in total. The smallest absolute Gasteiger partial charge is 0.178 e. The highest BCUT2D eigenvalue weighted by Gasteiger charge is 2.40. The Bertz CT molecular complexity index is 728. The van der Waals surface area contributed by atoms with Crippen molar-refractivity contribution in [3.8, 4) is 0 Å². The summed E-state index contributed by atoms with van der Waals surface area (Å²) in [7, 11) is -3.28. The topological polar surface area (TPSA) is 67.3 Å². The molecular weight excluding hydrogens is 274 g/mol. The molecule has 1 N–H and O–H groups in total. The Morgan fingerprint density at radius 1 is 1.15 bits per heavy atom. The highest BCUT2D eigenvalue weighted by molar-refractivity contribution is 7.91. The van der Waals surface area contributed by atoms with Crippen LogP contribution in [0.3, 0.4) is 0 Å². The van der Waals surface area contributed by atoms with Crippen LogP contribution in [0.2, 0.25) is 0 Å². The fourth-order valence-electron chi connectivity index (χ4n) is 2.69. The monoisotopic (exact) mass is 289 g/mol. The van der Waals surface area contributed by atoms with Crippen LogP contribution < -0.4 is 0 Å². The van der Waals surface area contributed by atoms with Crippen molar-refractivity contribution < 1.29 is 13.5 Å². The highest BCUT2D eigenvalue weighted by Crippen LogP contribution is 2.38. The molecule has 3 rings (SSSR count). The summed E-state index contributed by atoms with van der Waals surface area (Å²) in [5.74, 6) is -0.0222. The quantitative estimate of drug-likeness (QED) is 0.913. The van der Waals surface area contributed by atoms with E-state index in [0.29, 0.717) is 12.0 Å². The standard InChI is InChI=1S/C15H15NO3S/c17-15(11-12-5-8-16-9-6-12)7-10-20(18,19)14-4-2-1-3-13(14)15/h1-6,8-9,17H,7,10-11H2. The molecule has 1 unspecified atom stereocenters. The molecule has 104 valence electrons. The Labute approximate surface area is 118 Å². The van der Waals surface area contributed by atoms with Crippen LogP contribution in [0.4, 0.5) is 0 Å². The highest BCUT2D eigenvalue weighted by atomic mass is 32.2. The zero-order chi connectivity index (χ0) is 14.2. The van der Waals surface area contributed by atoms with E-state index in [2.05, 4.69) is 4.98 Å². The van der Waals surface area contributed by atoms with Crippen LogP contribution in [-0.4, -0.2) is 24.3 Å². The Balaban J connectivity index is 2.07. The van der Waals surface area contributed by atoms with Crippen LogP contribution >= 0.6 is 0 Å². The largest absolute Gasteiger partial charge is 0.385 e. The first-order chi connectivity index (χ1) is 9.51. The van der Waals surface area contributed by atoms with Gasteiger partial charge < -0.3 is 5.11 Å². The molecule has 5 heteroatoms. The van der Waals surface area contributed by atoms with Gasteiger partial charge in [0.15, 0.2) is 9.84 Å². The SMILES string of the molecule is O=S1(=O)CCC(O)(Cc2ccncc2)c2ccccc21. The van der Waals surface area contributed by atoms with Gasteiger partial charge >= 0.3 is 0 Å². The fourth-order valence-corrected chi connectivity index (χ4v) is 4.40. The molecule has 0 fully saturated rings. The molecule has 0 amide bonds. The third-order valence-corrected chi connectivity index (χ3v) is 5.52. The van der Waals surface area contributed by atoms with E-state index in [-0.39, 0.29) is 17.1 Å². The van der Waals surface area contributed by atoms with Crippen molar-refractivity contribution in [3.63, 3.8) is 0 Å². The lowest BCUT2D eigenvalue weighted by molar-refractivity contribution is 0.0283. The van der Waals surface area contributed by atoms with Crippen molar-refractivity contribution >= 4 is 9.84 Å². The van der Waals surface area contributed by atoms with Gasteiger partial charge in [-0.3, -0.25) is 4.98 Å². The summed E-state index contributed by atoms with van der Waals surface area (Å²) in [6.07, 6.45) is 3.95. The maximum Gasteiger partial charge on any atom is 0.178 e. The first-order valence-corrected chi connectivity index (χ1v) is 8.10. The Morgan fingerprint density at radius 3 is 2.60 bits per heavy atom. The van der Waals surface area contributed by atoms with Gasteiger partial charge in [-0.15, -0.1) is 0 Å². The maximum absolute atomic E-state index is 12.1. The molecule has 0 radical (unpaired) electrons. The molecule has 0 bridgehead atoms. The molecule has 1 aromatic heterocycles. The molecule has 0 saturated carbocycles. The summed E-state index contributed by atoms with van der Waals surface area (Å²) in [5, 5.41) is 10.9. The van der Waals surface area contributed by atoms with E-state index in [1.165, 1.54) is 0 Å². The predicted octanol–water partition coefficient (Wildman–Crippen LogP) is 1.69. The van der Waals surface area contributed by atoms with Gasteiger partial charge in [-0.05, 0) is 30.2 Å². The summed E-state index contributed by atoms with van der Waals surface area (Å²) >= 11 is 0. The lowest BCUT2D eigenvalue weighted by Crippen LogP contribution is -2.37. The van der Waals surface area contributed by atoms with E-state index in [4.69, 9.17) is 0 Å². The lowest BCUT2D eigenvalue weighted by Gasteiger charge is -2.34. The van der Waals surface area contributed by atoms with Crippen LogP contribution in [0.1, 0.15) is 17.5 Å². The molecule has 1 aliphatic heterocycles. The Morgan fingerprint density at radius 2 is 1.85 bits per heavy atom. The average Bonchev–Trinajstić information content (AvgIpc) is 2.45. The number of aromatic nitrogens is 1. The molecule has 2 heterocycles. The third-order valence-electron chi connectivity index (χ3n) is 3.75. The average molecular weight is 289 g/mol. The van der Waals surface area contributed by atoms with E-state index < -0.39 is 15.4 Å². The van der Waals surface area contributed by atoms with Gasteiger partial charge in [-0.25, -0.2) is 8.42 Å². The van der Waals surface area contributed by atoms with Crippen LogP contribution in [0, 0.1) is 0 Å². The number of aliphatic hydroxyl groups is 1. The van der Waals surface area contributed by atoms with Gasteiger partial charge in [-0.2, -0.15) is 0 Å². The number of fused-ring (bicyclic) bond motifs is 1. The summed E-state index contributed by atoms with van der Waals surface area (Å²) in [6, 6.07) is 10.4. The van der Waals surface area contributed by atoms with Crippen LogP contribution in [0.25, 0.3) is 0 Å². The summed E-state index contributed by atoms with van der Waals surface area (Å²) in [4.78, 5) is 4.20. The number of nitrogens with zero attached hydrogens (tertiary/aromatic N) is 1. The zero-order valence-electron chi connectivity index (χ0n) is 10.9. The molecule has 0 saturated heterocycles. The second-order valence-electron chi connectivity index (χ2n) is 5.13. The van der Waals surface area contributed by atoms with Gasteiger partial charge in [0.1, 0.15) is 0 Å². The molecule has 2 aromatic rings. The van der Waals surface area contributed by atoms with Crippen LogP contribution in [0.5, 0.6) is 0 Å². The molecule has 20 heavy (non-hydrogen) atoms. The predicted molar refractivity (Wildman–Crippen MR) is 74.9 cm³/mol. The minimum Gasteiger partial charge on any atom is -0.385 e. The molecule has 0 aliphatic carbocycles. The second-order valence-corrected chi connectivity index (χ2v) is 7.21. The third kappa shape index (κ3) is 2.23. The zero-order valence-corrected chi connectivity index (χ0v) is 11.7. The fraction of sp³-hybridized carbons (Fsp3) is 0.267. The first kappa shape index (κ1) is 13.3. The summed E-state index contributed by atoms with van der Waals surface area (Å²) < 4.78 is 24.2. The Kier molecular flexibility index (Phi) is 3.11. The van der Waals surface area contributed by atoms with E-state index in [1.54, 1.807) is 36.7 Å². The van der Waals surface area contributed by atoms with Gasteiger partial charge in [0.05, 0.1) is 16.2 Å². The minimum atomic E-state index is -3.28. The molecule has 0 spiro atoms. The van der Waals surface area contributed by atoms with Gasteiger partial charge in [0, 0.05) is 24.4 Å². The van der Waals surface area contributed by atoms with E-state index >= 15 is 0 Å². The number of hydrogen-bond donors (Lipinski definition) is 1. The van der Waals surface area contributed by atoms with Crippen molar-refractivity contribution in [1.29, 1.82) is 0 Å². The number of benzene rings is 1. The maximum atomic E-state index is 12.1. The second kappa shape index (κ2) is 4.68. The van der Waals surface area contributed by atoms with Crippen LogP contribution in [0.15, 0.2) is 53.7 Å².